The Labute approximate surface area is 116 Å². The first kappa shape index (κ1) is 12.7. The molecule has 3 rings (SSSR count). The van der Waals surface area contributed by atoms with Gasteiger partial charge >= 0.3 is 0 Å². The minimum absolute atomic E-state index is 1.06. The molecule has 0 saturated heterocycles. The number of nitrogens with zero attached hydrogens (tertiary/aromatic N) is 1. The van der Waals surface area contributed by atoms with Gasteiger partial charge in [0, 0.05) is 18.8 Å². The highest BCUT2D eigenvalue weighted by atomic mass is 15.1. The fourth-order valence-corrected chi connectivity index (χ4v) is 3.40. The van der Waals surface area contributed by atoms with E-state index in [0.29, 0.717) is 0 Å². The summed E-state index contributed by atoms with van der Waals surface area (Å²) < 4.78 is 0. The maximum Gasteiger partial charge on any atom is 0.0437 e. The molecular weight excluding hydrogens is 232 g/mol. The molecule has 2 aliphatic rings. The molecule has 0 aromatic heterocycles. The third-order valence-electron chi connectivity index (χ3n) is 4.31. The van der Waals surface area contributed by atoms with Crippen LogP contribution < -0.4 is 10.2 Å². The topological polar surface area (TPSA) is 15.3 Å². The third-order valence-corrected chi connectivity index (χ3v) is 4.31. The molecule has 0 atom stereocenters. The molecular formula is C17H24N2. The van der Waals surface area contributed by atoms with Crippen LogP contribution in [-0.2, 0) is 12.8 Å². The Hall–Kier alpha value is -1.28. The standard InChI is InChI=1S/C17H24N2/c1-18-11-3-2-6-14-9-10-15-7-4-12-19-13-5-8-16(14)17(15)19/h2,6,9-10,18H,3-5,7-8,11-13H2,1H3/b6-2+. The summed E-state index contributed by atoms with van der Waals surface area (Å²) in [5, 5.41) is 3.19. The maximum absolute atomic E-state index is 3.19. The van der Waals surface area contributed by atoms with E-state index < -0.39 is 0 Å². The van der Waals surface area contributed by atoms with Gasteiger partial charge in [-0.3, -0.25) is 0 Å². The molecule has 0 spiro atoms. The van der Waals surface area contributed by atoms with Crippen molar-refractivity contribution in [2.24, 2.45) is 0 Å². The van der Waals surface area contributed by atoms with Crippen molar-refractivity contribution >= 4 is 11.8 Å². The average Bonchev–Trinajstić information content (AvgIpc) is 2.46. The molecule has 19 heavy (non-hydrogen) atoms. The zero-order chi connectivity index (χ0) is 13.1. The molecule has 1 aromatic rings. The van der Waals surface area contributed by atoms with Gasteiger partial charge in [-0.2, -0.15) is 0 Å². The Balaban J connectivity index is 1.90. The van der Waals surface area contributed by atoms with Crippen molar-refractivity contribution in [1.29, 1.82) is 0 Å². The van der Waals surface area contributed by atoms with E-state index in [4.69, 9.17) is 0 Å². The summed E-state index contributed by atoms with van der Waals surface area (Å²) in [4.78, 5) is 2.61. The number of anilines is 1. The van der Waals surface area contributed by atoms with Gasteiger partial charge in [-0.1, -0.05) is 24.3 Å². The number of hydrogen-bond donors (Lipinski definition) is 1. The van der Waals surface area contributed by atoms with Gasteiger partial charge in [0.15, 0.2) is 0 Å². The monoisotopic (exact) mass is 256 g/mol. The molecule has 0 aliphatic carbocycles. The molecule has 102 valence electrons. The lowest BCUT2D eigenvalue weighted by atomic mass is 9.88. The first-order chi connectivity index (χ1) is 9.40. The second-order valence-corrected chi connectivity index (χ2v) is 5.63. The number of benzene rings is 1. The van der Waals surface area contributed by atoms with Gasteiger partial charge in [-0.15, -0.1) is 0 Å². The van der Waals surface area contributed by atoms with Crippen molar-refractivity contribution in [2.75, 3.05) is 31.6 Å². The summed E-state index contributed by atoms with van der Waals surface area (Å²) in [7, 11) is 2.01. The smallest absolute Gasteiger partial charge is 0.0437 e. The van der Waals surface area contributed by atoms with E-state index in [1.54, 1.807) is 16.8 Å². The summed E-state index contributed by atoms with van der Waals surface area (Å²) >= 11 is 0. The highest BCUT2D eigenvalue weighted by Gasteiger charge is 2.24. The Kier molecular flexibility index (Phi) is 3.88. The van der Waals surface area contributed by atoms with E-state index in [0.717, 1.165) is 13.0 Å². The number of nitrogens with one attached hydrogen (secondary N) is 1. The molecule has 0 fully saturated rings. The van der Waals surface area contributed by atoms with Crippen LogP contribution in [0.15, 0.2) is 18.2 Å². The fourth-order valence-electron chi connectivity index (χ4n) is 3.40. The lowest BCUT2D eigenvalue weighted by Gasteiger charge is -2.37. The van der Waals surface area contributed by atoms with Gasteiger partial charge < -0.3 is 10.2 Å². The Morgan fingerprint density at radius 1 is 1.21 bits per heavy atom. The second-order valence-electron chi connectivity index (χ2n) is 5.63. The molecule has 1 aromatic carbocycles. The summed E-state index contributed by atoms with van der Waals surface area (Å²) in [6.07, 6.45) is 10.9. The van der Waals surface area contributed by atoms with Crippen LogP contribution in [0.5, 0.6) is 0 Å². The van der Waals surface area contributed by atoms with E-state index in [2.05, 4.69) is 34.5 Å². The van der Waals surface area contributed by atoms with Gasteiger partial charge in [-0.25, -0.2) is 0 Å². The molecule has 2 nitrogen and oxygen atoms in total. The molecule has 0 unspecified atom stereocenters. The summed E-state index contributed by atoms with van der Waals surface area (Å²) in [6.45, 7) is 3.57. The van der Waals surface area contributed by atoms with Crippen LogP contribution in [0.25, 0.3) is 6.08 Å². The average molecular weight is 256 g/mol. The van der Waals surface area contributed by atoms with Crippen LogP contribution >= 0.6 is 0 Å². The Morgan fingerprint density at radius 3 is 2.89 bits per heavy atom. The Bertz CT molecular complexity index is 474. The summed E-state index contributed by atoms with van der Waals surface area (Å²) in [5.74, 6) is 0. The van der Waals surface area contributed by atoms with Crippen molar-refractivity contribution in [3.8, 4) is 0 Å². The zero-order valence-electron chi connectivity index (χ0n) is 11.9. The van der Waals surface area contributed by atoms with Crippen LogP contribution in [0.1, 0.15) is 36.0 Å². The Morgan fingerprint density at radius 2 is 2.05 bits per heavy atom. The molecule has 0 saturated carbocycles. The molecule has 2 heterocycles. The van der Waals surface area contributed by atoms with Gasteiger partial charge in [0.25, 0.3) is 0 Å². The number of aryl methyl sites for hydroxylation is 1. The molecule has 0 radical (unpaired) electrons. The lowest BCUT2D eigenvalue weighted by molar-refractivity contribution is 0.633. The van der Waals surface area contributed by atoms with E-state index in [9.17, 15) is 0 Å². The second kappa shape index (κ2) is 5.79. The quantitative estimate of drug-likeness (QED) is 0.833. The largest absolute Gasteiger partial charge is 0.371 e. The van der Waals surface area contributed by atoms with Gasteiger partial charge in [0.05, 0.1) is 0 Å². The van der Waals surface area contributed by atoms with Crippen LogP contribution in [0.2, 0.25) is 0 Å². The van der Waals surface area contributed by atoms with Crippen molar-refractivity contribution in [3.63, 3.8) is 0 Å². The summed E-state index contributed by atoms with van der Waals surface area (Å²) in [5.41, 5.74) is 6.20. The van der Waals surface area contributed by atoms with Crippen molar-refractivity contribution in [1.82, 2.24) is 5.32 Å². The molecule has 0 bridgehead atoms. The predicted molar refractivity (Wildman–Crippen MR) is 82.9 cm³/mol. The van der Waals surface area contributed by atoms with Crippen molar-refractivity contribution in [3.05, 3.63) is 34.9 Å². The minimum atomic E-state index is 1.06. The van der Waals surface area contributed by atoms with E-state index in [1.807, 2.05) is 7.05 Å². The molecule has 1 N–H and O–H groups in total. The van der Waals surface area contributed by atoms with Crippen LogP contribution in [0.3, 0.4) is 0 Å². The van der Waals surface area contributed by atoms with Crippen LogP contribution in [0.4, 0.5) is 5.69 Å². The van der Waals surface area contributed by atoms with Crippen LogP contribution in [-0.4, -0.2) is 26.7 Å². The highest BCUT2D eigenvalue weighted by molar-refractivity contribution is 5.71. The lowest BCUT2D eigenvalue weighted by Crippen LogP contribution is -2.34. The number of rotatable bonds is 4. The SMILES string of the molecule is CNCC/C=C/c1ccc2c3c1CCCN3CCC2. The van der Waals surface area contributed by atoms with Crippen molar-refractivity contribution < 1.29 is 0 Å². The first-order valence-electron chi connectivity index (χ1n) is 7.61. The summed E-state index contributed by atoms with van der Waals surface area (Å²) in [6, 6.07) is 4.69. The third kappa shape index (κ3) is 2.55. The highest BCUT2D eigenvalue weighted by Crippen LogP contribution is 2.37. The molecule has 0 amide bonds. The predicted octanol–water partition coefficient (Wildman–Crippen LogP) is 3.01. The number of hydrogen-bond acceptors (Lipinski definition) is 2. The van der Waals surface area contributed by atoms with Crippen molar-refractivity contribution in [2.45, 2.75) is 32.1 Å². The first-order valence-corrected chi connectivity index (χ1v) is 7.61. The van der Waals surface area contributed by atoms with Crippen LogP contribution in [0, 0.1) is 0 Å². The molecule has 2 heteroatoms. The van der Waals surface area contributed by atoms with Gasteiger partial charge in [-0.05, 0) is 62.4 Å². The van der Waals surface area contributed by atoms with E-state index >= 15 is 0 Å². The van der Waals surface area contributed by atoms with E-state index in [-0.39, 0.29) is 0 Å². The normalized spacial score (nSPS) is 17.8. The van der Waals surface area contributed by atoms with Gasteiger partial charge in [0.2, 0.25) is 0 Å². The minimum Gasteiger partial charge on any atom is -0.371 e. The zero-order valence-corrected chi connectivity index (χ0v) is 11.9. The van der Waals surface area contributed by atoms with Gasteiger partial charge in [0.1, 0.15) is 0 Å². The maximum atomic E-state index is 3.19. The van der Waals surface area contributed by atoms with E-state index in [1.165, 1.54) is 44.3 Å². The fraction of sp³-hybridized carbons (Fsp3) is 0.529. The molecule has 2 aliphatic heterocycles.